The molecule has 28 heavy (non-hydrogen) atoms. The van der Waals surface area contributed by atoms with Gasteiger partial charge in [0.25, 0.3) is 5.56 Å². The first-order valence-corrected chi connectivity index (χ1v) is 9.18. The van der Waals surface area contributed by atoms with Gasteiger partial charge in [0.15, 0.2) is 0 Å². The largest absolute Gasteiger partial charge is 0.396 e. The van der Waals surface area contributed by atoms with E-state index >= 15 is 0 Å². The van der Waals surface area contributed by atoms with E-state index in [1.54, 1.807) is 29.9 Å². The predicted octanol–water partition coefficient (Wildman–Crippen LogP) is 3.58. The highest BCUT2D eigenvalue weighted by molar-refractivity contribution is 6.39. The molecule has 0 aliphatic rings. The standard InChI is InChI=1S/C20H16Cl2N4O2/c1-24-15-10-26(12-8-13(21)17(23)14(22)9-12)18(11-6-4-3-5-7-11)16(15)19(27)25(2)20(24)28/h3-10H,23H2,1-2H3. The fraction of sp³-hybridized carbons (Fsp3) is 0.100. The average Bonchev–Trinajstić information content (AvgIpc) is 3.10. The molecule has 8 heteroatoms. The molecule has 2 aromatic carbocycles. The molecule has 0 aliphatic carbocycles. The number of fused-ring (bicyclic) bond motifs is 1. The van der Waals surface area contributed by atoms with E-state index in [9.17, 15) is 9.59 Å². The minimum atomic E-state index is -0.400. The van der Waals surface area contributed by atoms with Gasteiger partial charge in [-0.1, -0.05) is 53.5 Å². The molecule has 2 N–H and O–H groups in total. The fourth-order valence-electron chi connectivity index (χ4n) is 3.33. The summed E-state index contributed by atoms with van der Waals surface area (Å²) in [6, 6.07) is 12.8. The van der Waals surface area contributed by atoms with Gasteiger partial charge in [-0.05, 0) is 17.7 Å². The maximum Gasteiger partial charge on any atom is 0.330 e. The average molecular weight is 415 g/mol. The van der Waals surface area contributed by atoms with E-state index in [-0.39, 0.29) is 11.2 Å². The highest BCUT2D eigenvalue weighted by Crippen LogP contribution is 2.35. The monoisotopic (exact) mass is 414 g/mol. The van der Waals surface area contributed by atoms with Gasteiger partial charge >= 0.3 is 5.69 Å². The van der Waals surface area contributed by atoms with E-state index in [1.807, 2.05) is 30.3 Å². The number of aromatic nitrogens is 3. The minimum absolute atomic E-state index is 0.286. The molecule has 0 saturated heterocycles. The van der Waals surface area contributed by atoms with Gasteiger partial charge in [0.1, 0.15) is 0 Å². The highest BCUT2D eigenvalue weighted by Gasteiger charge is 2.20. The Morgan fingerprint density at radius 3 is 2.14 bits per heavy atom. The van der Waals surface area contributed by atoms with Crippen molar-refractivity contribution in [1.82, 2.24) is 13.7 Å². The molecule has 0 fully saturated rings. The molecule has 6 nitrogen and oxygen atoms in total. The van der Waals surface area contributed by atoms with Gasteiger partial charge in [0.05, 0.1) is 32.3 Å². The van der Waals surface area contributed by atoms with Gasteiger partial charge in [0, 0.05) is 26.0 Å². The Morgan fingerprint density at radius 1 is 0.929 bits per heavy atom. The maximum atomic E-state index is 13.0. The second-order valence-electron chi connectivity index (χ2n) is 6.50. The van der Waals surface area contributed by atoms with E-state index < -0.39 is 5.69 Å². The maximum absolute atomic E-state index is 13.0. The van der Waals surface area contributed by atoms with Crippen LogP contribution in [0.2, 0.25) is 10.0 Å². The van der Waals surface area contributed by atoms with Crippen molar-refractivity contribution in [3.05, 3.63) is 79.5 Å². The molecule has 0 saturated carbocycles. The topological polar surface area (TPSA) is 75.0 Å². The smallest absolute Gasteiger partial charge is 0.330 e. The summed E-state index contributed by atoms with van der Waals surface area (Å²) in [6.45, 7) is 0. The lowest BCUT2D eigenvalue weighted by Crippen LogP contribution is -2.36. The third-order valence-electron chi connectivity index (χ3n) is 4.83. The Bertz CT molecular complexity index is 1330. The second-order valence-corrected chi connectivity index (χ2v) is 7.32. The van der Waals surface area contributed by atoms with Crippen LogP contribution in [0.15, 0.2) is 58.3 Å². The van der Waals surface area contributed by atoms with E-state index in [0.717, 1.165) is 10.1 Å². The molecule has 0 aliphatic heterocycles. The van der Waals surface area contributed by atoms with Crippen LogP contribution in [0.25, 0.3) is 27.8 Å². The third-order valence-corrected chi connectivity index (χ3v) is 5.45. The van der Waals surface area contributed by atoms with E-state index in [1.165, 1.54) is 11.6 Å². The van der Waals surface area contributed by atoms with Crippen molar-refractivity contribution in [2.75, 3.05) is 5.73 Å². The summed E-state index contributed by atoms with van der Waals surface area (Å²) >= 11 is 12.5. The van der Waals surface area contributed by atoms with Gasteiger partial charge in [-0.2, -0.15) is 0 Å². The molecule has 2 heterocycles. The van der Waals surface area contributed by atoms with Crippen LogP contribution in [0, 0.1) is 0 Å². The van der Waals surface area contributed by atoms with Crippen molar-refractivity contribution in [2.45, 2.75) is 0 Å². The Labute approximate surface area is 170 Å². The summed E-state index contributed by atoms with van der Waals surface area (Å²) in [4.78, 5) is 25.4. The Balaban J connectivity index is 2.22. The van der Waals surface area contributed by atoms with Gasteiger partial charge in [-0.15, -0.1) is 0 Å². The number of aryl methyl sites for hydroxylation is 1. The molecule has 0 atom stereocenters. The van der Waals surface area contributed by atoms with Crippen LogP contribution in [0.3, 0.4) is 0 Å². The molecule has 0 bridgehead atoms. The number of hydrogen-bond acceptors (Lipinski definition) is 3. The van der Waals surface area contributed by atoms with Gasteiger partial charge in [-0.3, -0.25) is 13.9 Å². The number of nitrogens with two attached hydrogens (primary N) is 1. The number of nitrogen functional groups attached to an aromatic ring is 1. The molecule has 0 amide bonds. The predicted molar refractivity (Wildman–Crippen MR) is 114 cm³/mol. The lowest BCUT2D eigenvalue weighted by molar-refractivity contribution is 0.714. The molecule has 4 aromatic rings. The van der Waals surface area contributed by atoms with Crippen LogP contribution in [-0.4, -0.2) is 13.7 Å². The van der Waals surface area contributed by atoms with E-state index in [4.69, 9.17) is 28.9 Å². The lowest BCUT2D eigenvalue weighted by atomic mass is 10.1. The third kappa shape index (κ3) is 2.65. The first kappa shape index (κ1) is 18.4. The van der Waals surface area contributed by atoms with Gasteiger partial charge < -0.3 is 10.3 Å². The molecule has 0 unspecified atom stereocenters. The molecule has 0 spiro atoms. The van der Waals surface area contributed by atoms with Gasteiger partial charge in [0.2, 0.25) is 0 Å². The van der Waals surface area contributed by atoms with Crippen molar-refractivity contribution in [2.24, 2.45) is 14.1 Å². The van der Waals surface area contributed by atoms with Crippen molar-refractivity contribution in [1.29, 1.82) is 0 Å². The van der Waals surface area contributed by atoms with Crippen LogP contribution in [0.1, 0.15) is 0 Å². The minimum Gasteiger partial charge on any atom is -0.396 e. The van der Waals surface area contributed by atoms with Crippen molar-refractivity contribution < 1.29 is 0 Å². The molecular weight excluding hydrogens is 399 g/mol. The molecule has 2 aromatic heterocycles. The van der Waals surface area contributed by atoms with Crippen molar-refractivity contribution in [3.8, 4) is 16.9 Å². The summed E-state index contributed by atoms with van der Waals surface area (Å²) < 4.78 is 4.35. The number of benzene rings is 2. The Kier molecular flexibility index (Phi) is 4.33. The normalized spacial score (nSPS) is 11.3. The van der Waals surface area contributed by atoms with Crippen LogP contribution in [-0.2, 0) is 14.1 Å². The second kappa shape index (κ2) is 6.58. The number of hydrogen-bond donors (Lipinski definition) is 1. The fourth-order valence-corrected chi connectivity index (χ4v) is 3.81. The summed E-state index contributed by atoms with van der Waals surface area (Å²) in [6.07, 6.45) is 1.73. The summed E-state index contributed by atoms with van der Waals surface area (Å²) in [5.74, 6) is 0. The summed E-state index contributed by atoms with van der Waals surface area (Å²) in [5.41, 5.74) is 7.99. The highest BCUT2D eigenvalue weighted by atomic mass is 35.5. The molecular formula is C20H16Cl2N4O2. The number of nitrogens with zero attached hydrogens (tertiary/aromatic N) is 3. The first-order chi connectivity index (χ1) is 13.3. The first-order valence-electron chi connectivity index (χ1n) is 8.42. The summed E-state index contributed by atoms with van der Waals surface area (Å²) in [7, 11) is 3.10. The zero-order valence-electron chi connectivity index (χ0n) is 15.1. The van der Waals surface area contributed by atoms with Crippen LogP contribution < -0.4 is 17.0 Å². The SMILES string of the molecule is Cn1c(=O)c2c(-c3ccccc3)n(-c3cc(Cl)c(N)c(Cl)c3)cc2n(C)c1=O. The molecule has 0 radical (unpaired) electrons. The Morgan fingerprint density at radius 2 is 1.54 bits per heavy atom. The lowest BCUT2D eigenvalue weighted by Gasteiger charge is -2.12. The quantitative estimate of drug-likeness (QED) is 0.509. The van der Waals surface area contributed by atoms with Gasteiger partial charge in [-0.25, -0.2) is 4.79 Å². The van der Waals surface area contributed by atoms with Crippen LogP contribution >= 0.6 is 23.2 Å². The van der Waals surface area contributed by atoms with Crippen LogP contribution in [0.5, 0.6) is 0 Å². The van der Waals surface area contributed by atoms with E-state index in [2.05, 4.69) is 0 Å². The molecule has 142 valence electrons. The van der Waals surface area contributed by atoms with E-state index in [0.29, 0.717) is 32.3 Å². The van der Waals surface area contributed by atoms with Crippen molar-refractivity contribution in [3.63, 3.8) is 0 Å². The Hall–Kier alpha value is -2.96. The number of anilines is 1. The zero-order valence-corrected chi connectivity index (χ0v) is 16.6. The molecule has 4 rings (SSSR count). The van der Waals surface area contributed by atoms with Crippen molar-refractivity contribution >= 4 is 39.8 Å². The number of halogens is 2. The van der Waals surface area contributed by atoms with Crippen LogP contribution in [0.4, 0.5) is 5.69 Å². The number of rotatable bonds is 2. The summed E-state index contributed by atoms with van der Waals surface area (Å²) in [5, 5.41) is 1.04. The zero-order chi connectivity index (χ0) is 20.2.